The van der Waals surface area contributed by atoms with E-state index < -0.39 is 12.0 Å². The lowest BCUT2D eigenvalue weighted by Crippen LogP contribution is -2.44. The Kier molecular flexibility index (Phi) is 14.9. The number of rotatable bonds is 17. The van der Waals surface area contributed by atoms with Crippen molar-refractivity contribution < 1.29 is 28.2 Å². The zero-order valence-corrected chi connectivity index (χ0v) is 30.7. The summed E-state index contributed by atoms with van der Waals surface area (Å²) in [5.74, 6) is -0.128. The zero-order valence-electron chi connectivity index (χ0n) is 28.3. The minimum atomic E-state index is -0.751. The molecule has 0 saturated carbocycles. The third kappa shape index (κ3) is 10.6. The number of nitrogens with one attached hydrogen (secondary N) is 2. The highest BCUT2D eigenvalue weighted by atomic mass is 35.5. The molecule has 1 unspecified atom stereocenters. The molecule has 0 radical (unpaired) electrons. The van der Waals surface area contributed by atoms with Gasteiger partial charge in [-0.2, -0.15) is 0 Å². The number of ether oxygens (including phenoxy) is 3. The van der Waals surface area contributed by atoms with Crippen LogP contribution in [0.1, 0.15) is 50.9 Å². The van der Waals surface area contributed by atoms with Crippen LogP contribution in [0.4, 0.5) is 0 Å². The molecule has 9 nitrogen and oxygen atoms in total. The van der Waals surface area contributed by atoms with E-state index in [1.165, 1.54) is 17.5 Å². The summed E-state index contributed by atoms with van der Waals surface area (Å²) in [6, 6.07) is 17.5. The molecule has 50 heavy (non-hydrogen) atoms. The van der Waals surface area contributed by atoms with Crippen LogP contribution in [-0.2, 0) is 9.53 Å². The van der Waals surface area contributed by atoms with Crippen LogP contribution in [0, 0.1) is 0 Å². The van der Waals surface area contributed by atoms with Crippen molar-refractivity contribution in [2.24, 2.45) is 0 Å². The van der Waals surface area contributed by atoms with Gasteiger partial charge in [0.2, 0.25) is 11.2 Å². The van der Waals surface area contributed by atoms with Gasteiger partial charge in [0.1, 0.15) is 30.6 Å². The van der Waals surface area contributed by atoms with Gasteiger partial charge in [-0.25, -0.2) is 4.72 Å². The first-order chi connectivity index (χ1) is 24.1. The third-order valence-corrected chi connectivity index (χ3v) is 9.11. The van der Waals surface area contributed by atoms with Gasteiger partial charge in [0.25, 0.3) is 5.91 Å². The maximum Gasteiger partial charge on any atom is 0.325 e. The van der Waals surface area contributed by atoms with E-state index in [0.29, 0.717) is 37.9 Å². The number of esters is 1. The number of hydrogen-bond acceptors (Lipinski definition) is 9. The van der Waals surface area contributed by atoms with E-state index in [2.05, 4.69) is 30.0 Å². The second-order valence-corrected chi connectivity index (χ2v) is 12.8. The van der Waals surface area contributed by atoms with Gasteiger partial charge in [-0.05, 0) is 93.2 Å². The number of halogens is 2. The van der Waals surface area contributed by atoms with Crippen LogP contribution < -0.4 is 24.9 Å². The van der Waals surface area contributed by atoms with Crippen LogP contribution in [0.2, 0.25) is 10.0 Å². The number of benzene rings is 3. The molecule has 1 aromatic heterocycles. The number of fused-ring (bicyclic) bond motifs is 1. The number of para-hydroxylation sites is 1. The van der Waals surface area contributed by atoms with Gasteiger partial charge in [0, 0.05) is 27.6 Å². The van der Waals surface area contributed by atoms with Gasteiger partial charge in [-0.3, -0.25) is 14.4 Å². The minimum Gasteiger partial charge on any atom is -0.490 e. The molecule has 0 spiro atoms. The number of carbonyl (C=O) groups excluding carboxylic acids is 2. The normalized spacial score (nSPS) is 12.4. The molecule has 4 rings (SSSR count). The lowest BCUT2D eigenvalue weighted by Gasteiger charge is -2.18. The van der Waals surface area contributed by atoms with E-state index >= 15 is 0 Å². The standard InChI is InChI=1S/C38H40Cl2N2O7S/c1-5-24(4)12-18-28(6-2)50-42-32(38(45)46-7-3)23-41-37(44)25-13-16-27(17-14-25)47-20-21-48-36-34(43)30-10-8-9-11-33(30)49-35(36)29-19-15-26(39)22-31(29)40/h8-19,22,32,42H,5-7,20-21,23H2,1-4H3,(H,41,44)/b24-12-,28-18+. The first-order valence-electron chi connectivity index (χ1n) is 16.3. The largest absolute Gasteiger partial charge is 0.490 e. The molecule has 0 saturated heterocycles. The van der Waals surface area contributed by atoms with Gasteiger partial charge < -0.3 is 23.9 Å². The molecule has 0 fully saturated rings. The van der Waals surface area contributed by atoms with E-state index in [-0.39, 0.29) is 49.2 Å². The number of carbonyl (C=O) groups is 2. The van der Waals surface area contributed by atoms with Crippen LogP contribution in [0.25, 0.3) is 22.3 Å². The SMILES string of the molecule is CCOC(=O)C(CNC(=O)c1ccc(OCCOc2c(-c3ccc(Cl)cc3Cl)oc3ccccc3c2=O)cc1)NS/C(=C/C=C(/C)CC)CC. The summed E-state index contributed by atoms with van der Waals surface area (Å²) in [6.07, 6.45) is 5.83. The summed E-state index contributed by atoms with van der Waals surface area (Å²) < 4.78 is 26.2. The summed E-state index contributed by atoms with van der Waals surface area (Å²) in [5, 5.41) is 3.93. The Labute approximate surface area is 306 Å². The molecule has 264 valence electrons. The van der Waals surface area contributed by atoms with Crippen LogP contribution in [0.3, 0.4) is 0 Å². The number of amides is 1. The molecular weight excluding hydrogens is 699 g/mol. The second-order valence-electron chi connectivity index (χ2n) is 11.0. The highest BCUT2D eigenvalue weighted by Crippen LogP contribution is 2.36. The second kappa shape index (κ2) is 19.2. The monoisotopic (exact) mass is 738 g/mol. The van der Waals surface area contributed by atoms with Crippen LogP contribution in [-0.4, -0.2) is 44.3 Å². The summed E-state index contributed by atoms with van der Waals surface area (Å²) in [5.41, 5.74) is 2.15. The summed E-state index contributed by atoms with van der Waals surface area (Å²) >= 11 is 13.9. The number of allylic oxidation sites excluding steroid dienone is 4. The van der Waals surface area contributed by atoms with E-state index in [1.54, 1.807) is 73.7 Å². The molecule has 4 aromatic rings. The molecular formula is C38H40Cl2N2O7S. The van der Waals surface area contributed by atoms with Crippen LogP contribution in [0.15, 0.2) is 98.6 Å². The topological polar surface area (TPSA) is 116 Å². The molecule has 0 aliphatic heterocycles. The Balaban J connectivity index is 1.35. The first-order valence-corrected chi connectivity index (χ1v) is 17.8. The first kappa shape index (κ1) is 38.6. The minimum absolute atomic E-state index is 0.00271. The third-order valence-electron chi connectivity index (χ3n) is 7.48. The maximum absolute atomic E-state index is 13.4. The Morgan fingerprint density at radius 1 is 0.940 bits per heavy atom. The smallest absolute Gasteiger partial charge is 0.325 e. The molecule has 0 bridgehead atoms. The highest BCUT2D eigenvalue weighted by molar-refractivity contribution is 8.01. The average Bonchev–Trinajstić information content (AvgIpc) is 3.12. The van der Waals surface area contributed by atoms with E-state index in [1.807, 2.05) is 13.0 Å². The van der Waals surface area contributed by atoms with E-state index in [9.17, 15) is 14.4 Å². The maximum atomic E-state index is 13.4. The highest BCUT2D eigenvalue weighted by Gasteiger charge is 2.22. The Morgan fingerprint density at radius 3 is 2.38 bits per heavy atom. The van der Waals surface area contributed by atoms with Crippen molar-refractivity contribution in [3.63, 3.8) is 0 Å². The fraction of sp³-hybridized carbons (Fsp3) is 0.289. The fourth-order valence-corrected chi connectivity index (χ4v) is 5.80. The van der Waals surface area contributed by atoms with Crippen LogP contribution >= 0.6 is 35.1 Å². The predicted octanol–water partition coefficient (Wildman–Crippen LogP) is 8.77. The predicted molar refractivity (Wildman–Crippen MR) is 201 cm³/mol. The quantitative estimate of drug-likeness (QED) is 0.0475. The summed E-state index contributed by atoms with van der Waals surface area (Å²) in [4.78, 5) is 40.0. The Morgan fingerprint density at radius 2 is 1.68 bits per heavy atom. The van der Waals surface area contributed by atoms with Gasteiger partial charge >= 0.3 is 5.97 Å². The van der Waals surface area contributed by atoms with E-state index in [0.717, 1.165) is 17.7 Å². The van der Waals surface area contributed by atoms with Crippen LogP contribution in [0.5, 0.6) is 11.5 Å². The molecule has 3 aromatic carbocycles. The van der Waals surface area contributed by atoms with Crippen molar-refractivity contribution in [2.45, 2.75) is 46.6 Å². The van der Waals surface area contributed by atoms with E-state index in [4.69, 9.17) is 41.8 Å². The zero-order chi connectivity index (χ0) is 36.0. The summed E-state index contributed by atoms with van der Waals surface area (Å²) in [7, 11) is 0. The van der Waals surface area contributed by atoms with Gasteiger partial charge in [-0.15, -0.1) is 0 Å². The average molecular weight is 740 g/mol. The number of hydrogen-bond donors (Lipinski definition) is 2. The lowest BCUT2D eigenvalue weighted by molar-refractivity contribution is -0.144. The molecule has 12 heteroatoms. The van der Waals surface area contributed by atoms with Crippen molar-refractivity contribution in [1.29, 1.82) is 0 Å². The fourth-order valence-electron chi connectivity index (χ4n) is 4.55. The van der Waals surface area contributed by atoms with Crippen molar-refractivity contribution in [3.8, 4) is 22.8 Å². The molecule has 1 amide bonds. The van der Waals surface area contributed by atoms with Gasteiger partial charge in [0.15, 0.2) is 5.76 Å². The molecule has 1 atom stereocenters. The Bertz CT molecular complexity index is 1910. The van der Waals surface area contributed by atoms with Gasteiger partial charge in [0.05, 0.1) is 17.0 Å². The van der Waals surface area contributed by atoms with Crippen molar-refractivity contribution in [3.05, 3.63) is 115 Å². The molecule has 2 N–H and O–H groups in total. The van der Waals surface area contributed by atoms with Crippen molar-refractivity contribution in [1.82, 2.24) is 10.0 Å². The molecule has 0 aliphatic carbocycles. The summed E-state index contributed by atoms with van der Waals surface area (Å²) in [6.45, 7) is 8.31. The Hall–Kier alpha value is -4.22. The lowest BCUT2D eigenvalue weighted by atomic mass is 10.1. The van der Waals surface area contributed by atoms with Crippen molar-refractivity contribution in [2.75, 3.05) is 26.4 Å². The van der Waals surface area contributed by atoms with Crippen molar-refractivity contribution >= 4 is 58.0 Å². The van der Waals surface area contributed by atoms with Gasteiger partial charge in [-0.1, -0.05) is 66.9 Å². The molecule has 1 heterocycles. The molecule has 0 aliphatic rings.